The normalized spacial score (nSPS) is 11.9. The van der Waals surface area contributed by atoms with E-state index in [9.17, 15) is 9.59 Å². The maximum Gasteiger partial charge on any atom is 0.253 e. The van der Waals surface area contributed by atoms with E-state index in [1.807, 2.05) is 35.7 Å². The molecule has 0 aromatic carbocycles. The summed E-state index contributed by atoms with van der Waals surface area (Å²) in [5.74, 6) is -0.224. The molecule has 0 fully saturated rings. The van der Waals surface area contributed by atoms with Crippen LogP contribution >= 0.6 is 11.3 Å². The third kappa shape index (κ3) is 3.78. The molecule has 1 unspecified atom stereocenters. The van der Waals surface area contributed by atoms with Gasteiger partial charge in [-0.15, -0.1) is 11.3 Å². The van der Waals surface area contributed by atoms with Gasteiger partial charge in [0.1, 0.15) is 0 Å². The second-order valence-electron chi connectivity index (χ2n) is 5.43. The molecule has 1 atom stereocenters. The smallest absolute Gasteiger partial charge is 0.253 e. The summed E-state index contributed by atoms with van der Waals surface area (Å²) in [5.41, 5.74) is 1.11. The minimum atomic E-state index is -0.227. The predicted molar refractivity (Wildman–Crippen MR) is 94.2 cm³/mol. The number of rotatable bonds is 5. The van der Waals surface area contributed by atoms with Crippen LogP contribution in [0.3, 0.4) is 0 Å². The number of hydrogen-bond donors (Lipinski definition) is 1. The van der Waals surface area contributed by atoms with Gasteiger partial charge >= 0.3 is 0 Å². The van der Waals surface area contributed by atoms with E-state index in [-0.39, 0.29) is 17.5 Å². The first-order valence-corrected chi connectivity index (χ1v) is 8.42. The molecule has 3 rings (SSSR count). The molecule has 3 aromatic rings. The van der Waals surface area contributed by atoms with Gasteiger partial charge in [-0.25, -0.2) is 0 Å². The van der Waals surface area contributed by atoms with Crippen LogP contribution in [0.5, 0.6) is 0 Å². The number of nitrogens with one attached hydrogen (secondary N) is 1. The molecule has 0 spiro atoms. The minimum absolute atomic E-state index is 0.147. The Hall–Kier alpha value is -2.73. The van der Waals surface area contributed by atoms with Crippen LogP contribution in [-0.4, -0.2) is 15.5 Å². The molecule has 3 aromatic heterocycles. The molecule has 1 amide bonds. The second kappa shape index (κ2) is 7.23. The highest BCUT2D eigenvalue weighted by molar-refractivity contribution is 7.09. The molecule has 0 aliphatic carbocycles. The number of aromatic nitrogens is 2. The number of nitrogens with zero attached hydrogens (tertiary/aromatic N) is 2. The molecule has 0 aliphatic rings. The summed E-state index contributed by atoms with van der Waals surface area (Å²) in [6.45, 7) is 0. The van der Waals surface area contributed by atoms with Crippen LogP contribution in [0, 0.1) is 0 Å². The quantitative estimate of drug-likeness (QED) is 0.777. The lowest BCUT2D eigenvalue weighted by molar-refractivity contribution is 0.0935. The first-order valence-electron chi connectivity index (χ1n) is 7.54. The average Bonchev–Trinajstić information content (AvgIpc) is 3.10. The Morgan fingerprint density at radius 2 is 2.12 bits per heavy atom. The van der Waals surface area contributed by atoms with Gasteiger partial charge in [0.25, 0.3) is 5.91 Å². The molecule has 0 aliphatic heterocycles. The van der Waals surface area contributed by atoms with Gasteiger partial charge in [-0.05, 0) is 29.6 Å². The number of carbonyl (C=O) groups is 1. The Balaban J connectivity index is 1.84. The van der Waals surface area contributed by atoms with Crippen molar-refractivity contribution in [1.29, 1.82) is 0 Å². The molecule has 5 nitrogen and oxygen atoms in total. The lowest BCUT2D eigenvalue weighted by Gasteiger charge is -2.18. The SMILES string of the molecule is Cn1cc(C(=O)NC(Cc2cccs2)c2ccccn2)ccc1=O. The molecule has 0 saturated heterocycles. The van der Waals surface area contributed by atoms with Crippen LogP contribution < -0.4 is 10.9 Å². The Morgan fingerprint density at radius 1 is 1.25 bits per heavy atom. The van der Waals surface area contributed by atoms with E-state index in [1.54, 1.807) is 24.6 Å². The maximum atomic E-state index is 12.6. The highest BCUT2D eigenvalue weighted by atomic mass is 32.1. The number of hydrogen-bond acceptors (Lipinski definition) is 4. The van der Waals surface area contributed by atoms with E-state index in [2.05, 4.69) is 10.3 Å². The summed E-state index contributed by atoms with van der Waals surface area (Å²) in [7, 11) is 1.63. The summed E-state index contributed by atoms with van der Waals surface area (Å²) in [4.78, 5) is 29.6. The van der Waals surface area contributed by atoms with Crippen molar-refractivity contribution in [3.05, 3.63) is 86.7 Å². The van der Waals surface area contributed by atoms with E-state index >= 15 is 0 Å². The number of pyridine rings is 2. The molecule has 0 radical (unpaired) electrons. The van der Waals surface area contributed by atoms with E-state index in [1.165, 1.54) is 27.8 Å². The number of thiophene rings is 1. The zero-order valence-corrected chi connectivity index (χ0v) is 14.0. The fourth-order valence-corrected chi connectivity index (χ4v) is 3.16. The molecular weight excluding hydrogens is 322 g/mol. The van der Waals surface area contributed by atoms with Crippen molar-refractivity contribution in [2.45, 2.75) is 12.5 Å². The van der Waals surface area contributed by atoms with Crippen LogP contribution in [0.4, 0.5) is 0 Å². The standard InChI is InChI=1S/C18H17N3O2S/c1-21-12-13(7-8-17(21)22)18(23)20-16(11-14-5-4-10-24-14)15-6-2-3-9-19-15/h2-10,12,16H,11H2,1H3,(H,20,23). The van der Waals surface area contributed by atoms with Gasteiger partial charge in [-0.1, -0.05) is 12.1 Å². The van der Waals surface area contributed by atoms with Crippen LogP contribution in [0.2, 0.25) is 0 Å². The summed E-state index contributed by atoms with van der Waals surface area (Å²) < 4.78 is 1.39. The summed E-state index contributed by atoms with van der Waals surface area (Å²) in [6.07, 6.45) is 3.93. The van der Waals surface area contributed by atoms with Crippen molar-refractivity contribution in [3.63, 3.8) is 0 Å². The largest absolute Gasteiger partial charge is 0.343 e. The Bertz CT molecular complexity index is 873. The topological polar surface area (TPSA) is 64.0 Å². The third-order valence-electron chi connectivity index (χ3n) is 3.68. The molecule has 6 heteroatoms. The maximum absolute atomic E-state index is 12.6. The molecule has 0 bridgehead atoms. The molecule has 0 saturated carbocycles. The van der Waals surface area contributed by atoms with Gasteiger partial charge in [0, 0.05) is 36.8 Å². The molecular formula is C18H17N3O2S. The Kier molecular flexibility index (Phi) is 4.86. The van der Waals surface area contributed by atoms with E-state index < -0.39 is 0 Å². The summed E-state index contributed by atoms with van der Waals surface area (Å²) in [6, 6.07) is 12.4. The lowest BCUT2D eigenvalue weighted by Crippen LogP contribution is -2.31. The second-order valence-corrected chi connectivity index (χ2v) is 6.46. The monoisotopic (exact) mass is 339 g/mol. The molecule has 3 heterocycles. The van der Waals surface area contributed by atoms with E-state index in [0.29, 0.717) is 12.0 Å². The van der Waals surface area contributed by atoms with Gasteiger partial charge in [-0.3, -0.25) is 14.6 Å². The van der Waals surface area contributed by atoms with Crippen LogP contribution in [0.25, 0.3) is 0 Å². The average molecular weight is 339 g/mol. The van der Waals surface area contributed by atoms with Crippen LogP contribution in [0.15, 0.2) is 65.0 Å². The first kappa shape index (κ1) is 16.1. The van der Waals surface area contributed by atoms with Crippen molar-refractivity contribution < 1.29 is 4.79 Å². The van der Waals surface area contributed by atoms with Crippen molar-refractivity contribution in [2.24, 2.45) is 7.05 Å². The number of aryl methyl sites for hydroxylation is 1. The predicted octanol–water partition coefficient (Wildman–Crippen LogP) is 2.56. The van der Waals surface area contributed by atoms with Gasteiger partial charge in [0.2, 0.25) is 5.56 Å². The van der Waals surface area contributed by atoms with Crippen molar-refractivity contribution in [2.75, 3.05) is 0 Å². The Labute approximate surface area is 143 Å². The van der Waals surface area contributed by atoms with Crippen molar-refractivity contribution >= 4 is 17.2 Å². The lowest BCUT2D eigenvalue weighted by atomic mass is 10.1. The van der Waals surface area contributed by atoms with E-state index in [4.69, 9.17) is 0 Å². The number of carbonyl (C=O) groups excluding carboxylic acids is 1. The number of amides is 1. The minimum Gasteiger partial charge on any atom is -0.343 e. The molecule has 24 heavy (non-hydrogen) atoms. The van der Waals surface area contributed by atoms with Gasteiger partial charge < -0.3 is 9.88 Å². The Morgan fingerprint density at radius 3 is 2.79 bits per heavy atom. The molecule has 1 N–H and O–H groups in total. The van der Waals surface area contributed by atoms with Gasteiger partial charge in [-0.2, -0.15) is 0 Å². The summed E-state index contributed by atoms with van der Waals surface area (Å²) >= 11 is 1.65. The highest BCUT2D eigenvalue weighted by Gasteiger charge is 2.18. The fourth-order valence-electron chi connectivity index (χ4n) is 2.41. The van der Waals surface area contributed by atoms with E-state index in [0.717, 1.165) is 5.69 Å². The van der Waals surface area contributed by atoms with Crippen LogP contribution in [-0.2, 0) is 13.5 Å². The first-order chi connectivity index (χ1) is 11.6. The zero-order chi connectivity index (χ0) is 16.9. The highest BCUT2D eigenvalue weighted by Crippen LogP contribution is 2.20. The van der Waals surface area contributed by atoms with Crippen LogP contribution in [0.1, 0.15) is 27.0 Å². The zero-order valence-electron chi connectivity index (χ0n) is 13.2. The third-order valence-corrected chi connectivity index (χ3v) is 4.58. The van der Waals surface area contributed by atoms with Crippen molar-refractivity contribution in [3.8, 4) is 0 Å². The summed E-state index contributed by atoms with van der Waals surface area (Å²) in [5, 5.41) is 5.04. The van der Waals surface area contributed by atoms with Crippen molar-refractivity contribution in [1.82, 2.24) is 14.9 Å². The van der Waals surface area contributed by atoms with Gasteiger partial charge in [0.15, 0.2) is 0 Å². The van der Waals surface area contributed by atoms with Gasteiger partial charge in [0.05, 0.1) is 17.3 Å². The fraction of sp³-hybridized carbons (Fsp3) is 0.167. The molecule has 122 valence electrons.